The molecule has 0 radical (unpaired) electrons. The monoisotopic (exact) mass is 331 g/mol. The van der Waals surface area contributed by atoms with E-state index < -0.39 is 11.4 Å². The van der Waals surface area contributed by atoms with Gasteiger partial charge in [0.1, 0.15) is 5.75 Å². The van der Waals surface area contributed by atoms with Gasteiger partial charge in [0.15, 0.2) is 0 Å². The van der Waals surface area contributed by atoms with Crippen molar-refractivity contribution in [1.82, 2.24) is 4.90 Å². The van der Waals surface area contributed by atoms with E-state index in [1.165, 1.54) is 0 Å². The smallest absolute Gasteiger partial charge is 0.311 e. The van der Waals surface area contributed by atoms with E-state index in [9.17, 15) is 14.7 Å². The second kappa shape index (κ2) is 6.46. The van der Waals surface area contributed by atoms with Crippen molar-refractivity contribution in [2.24, 2.45) is 11.3 Å². The topological polar surface area (TPSA) is 66.8 Å². The minimum atomic E-state index is -0.752. The summed E-state index contributed by atoms with van der Waals surface area (Å²) in [6.45, 7) is 4.95. The summed E-state index contributed by atoms with van der Waals surface area (Å²) in [5.74, 6) is 0.00544. The summed E-state index contributed by atoms with van der Waals surface area (Å²) in [4.78, 5) is 26.2. The molecule has 0 aromatic heterocycles. The van der Waals surface area contributed by atoms with Crippen molar-refractivity contribution in [3.05, 3.63) is 29.8 Å². The summed E-state index contributed by atoms with van der Waals surface area (Å²) >= 11 is 0. The quantitative estimate of drug-likeness (QED) is 0.900. The Hall–Kier alpha value is -2.04. The summed E-state index contributed by atoms with van der Waals surface area (Å²) in [5, 5.41) is 9.63. The first-order chi connectivity index (χ1) is 11.5. The third kappa shape index (κ3) is 2.87. The standard InChI is InChI=1S/C19H25NO4/c1-3-13(2)24-16-8-6-14(7-9-16)17(21)20-11-15-5-4-10-19(15,12-20)18(22)23/h6-9,13,15H,3-5,10-12H2,1-2H3,(H,22,23)/t13?,15-,19+/m0/s1. The minimum Gasteiger partial charge on any atom is -0.491 e. The molecule has 1 amide bonds. The maximum atomic E-state index is 12.7. The number of hydrogen-bond acceptors (Lipinski definition) is 3. The molecule has 1 aromatic rings. The number of carboxylic acids is 1. The third-order valence-corrected chi connectivity index (χ3v) is 5.60. The zero-order chi connectivity index (χ0) is 17.3. The summed E-state index contributed by atoms with van der Waals surface area (Å²) in [5.41, 5.74) is -0.137. The van der Waals surface area contributed by atoms with E-state index in [2.05, 4.69) is 6.92 Å². The van der Waals surface area contributed by atoms with Crippen LogP contribution in [0.1, 0.15) is 49.9 Å². The third-order valence-electron chi connectivity index (χ3n) is 5.60. The highest BCUT2D eigenvalue weighted by atomic mass is 16.5. The van der Waals surface area contributed by atoms with Gasteiger partial charge in [-0.05, 0) is 56.4 Å². The van der Waals surface area contributed by atoms with E-state index >= 15 is 0 Å². The van der Waals surface area contributed by atoms with Crippen LogP contribution in [0.5, 0.6) is 5.75 Å². The Morgan fingerprint density at radius 2 is 2.08 bits per heavy atom. The molecule has 1 aliphatic heterocycles. The molecule has 0 bridgehead atoms. The summed E-state index contributed by atoms with van der Waals surface area (Å²) < 4.78 is 5.73. The average molecular weight is 331 g/mol. The fourth-order valence-electron chi connectivity index (χ4n) is 3.97. The summed E-state index contributed by atoms with van der Waals surface area (Å²) in [6.07, 6.45) is 3.59. The lowest BCUT2D eigenvalue weighted by atomic mass is 9.81. The van der Waals surface area contributed by atoms with Crippen molar-refractivity contribution in [3.63, 3.8) is 0 Å². The fraction of sp³-hybridized carbons (Fsp3) is 0.579. The Kier molecular flexibility index (Phi) is 4.52. The average Bonchev–Trinajstić information content (AvgIpc) is 3.13. The molecule has 2 aliphatic rings. The molecule has 0 spiro atoms. The number of rotatable bonds is 5. The Morgan fingerprint density at radius 1 is 1.38 bits per heavy atom. The number of amides is 1. The summed E-state index contributed by atoms with van der Waals surface area (Å²) in [7, 11) is 0. The van der Waals surface area contributed by atoms with Gasteiger partial charge in [0.05, 0.1) is 11.5 Å². The lowest BCUT2D eigenvalue weighted by Gasteiger charge is -2.23. The van der Waals surface area contributed by atoms with Crippen LogP contribution < -0.4 is 4.74 Å². The van der Waals surface area contributed by atoms with E-state index in [-0.39, 0.29) is 17.9 Å². The molecule has 1 saturated heterocycles. The Morgan fingerprint density at radius 3 is 2.67 bits per heavy atom. The Balaban J connectivity index is 1.70. The lowest BCUT2D eigenvalue weighted by Crippen LogP contribution is -2.37. The van der Waals surface area contributed by atoms with Gasteiger partial charge in [-0.1, -0.05) is 13.3 Å². The van der Waals surface area contributed by atoms with Crippen molar-refractivity contribution in [3.8, 4) is 5.75 Å². The first-order valence-corrected chi connectivity index (χ1v) is 8.75. The SMILES string of the molecule is CCC(C)Oc1ccc(C(=O)N2C[C@@H]3CCC[C@@]3(C(=O)O)C2)cc1. The van der Waals surface area contributed by atoms with E-state index in [1.807, 2.05) is 19.1 Å². The number of fused-ring (bicyclic) bond motifs is 1. The van der Waals surface area contributed by atoms with Crippen LogP contribution in [-0.2, 0) is 4.79 Å². The van der Waals surface area contributed by atoms with E-state index in [0.29, 0.717) is 25.1 Å². The number of carboxylic acid groups (broad SMARTS) is 1. The van der Waals surface area contributed by atoms with Gasteiger partial charge in [0.2, 0.25) is 0 Å². The Labute approximate surface area is 142 Å². The summed E-state index contributed by atoms with van der Waals surface area (Å²) in [6, 6.07) is 7.15. The van der Waals surface area contributed by atoms with Crippen molar-refractivity contribution in [1.29, 1.82) is 0 Å². The van der Waals surface area contributed by atoms with Crippen LogP contribution in [0.3, 0.4) is 0 Å². The highest BCUT2D eigenvalue weighted by Gasteiger charge is 2.55. The first kappa shape index (κ1) is 16.8. The van der Waals surface area contributed by atoms with Crippen LogP contribution >= 0.6 is 0 Å². The number of nitrogens with zero attached hydrogens (tertiary/aromatic N) is 1. The van der Waals surface area contributed by atoms with E-state index in [0.717, 1.165) is 25.0 Å². The second-order valence-corrected chi connectivity index (χ2v) is 7.10. The molecule has 1 N–H and O–H groups in total. The molecule has 1 aromatic carbocycles. The molecule has 1 saturated carbocycles. The van der Waals surface area contributed by atoms with Crippen LogP contribution in [-0.4, -0.2) is 41.1 Å². The molecule has 1 aliphatic carbocycles. The predicted octanol–water partition coefficient (Wildman–Crippen LogP) is 3.19. The number of carbonyl (C=O) groups excluding carboxylic acids is 1. The number of carbonyl (C=O) groups is 2. The van der Waals surface area contributed by atoms with Crippen molar-refractivity contribution in [2.75, 3.05) is 13.1 Å². The molecular weight excluding hydrogens is 306 g/mol. The van der Waals surface area contributed by atoms with Gasteiger partial charge in [-0.2, -0.15) is 0 Å². The largest absolute Gasteiger partial charge is 0.491 e. The van der Waals surface area contributed by atoms with Gasteiger partial charge in [0, 0.05) is 18.7 Å². The fourth-order valence-corrected chi connectivity index (χ4v) is 3.97. The van der Waals surface area contributed by atoms with Crippen molar-refractivity contribution < 1.29 is 19.4 Å². The van der Waals surface area contributed by atoms with Crippen molar-refractivity contribution >= 4 is 11.9 Å². The number of ether oxygens (including phenoxy) is 1. The molecule has 1 unspecified atom stereocenters. The number of hydrogen-bond donors (Lipinski definition) is 1. The van der Waals surface area contributed by atoms with Gasteiger partial charge in [-0.15, -0.1) is 0 Å². The first-order valence-electron chi connectivity index (χ1n) is 8.75. The van der Waals surface area contributed by atoms with Gasteiger partial charge in [-0.3, -0.25) is 9.59 Å². The molecule has 3 atom stereocenters. The zero-order valence-corrected chi connectivity index (χ0v) is 14.3. The van der Waals surface area contributed by atoms with Crippen LogP contribution in [0.4, 0.5) is 0 Å². The molecule has 5 heteroatoms. The molecule has 24 heavy (non-hydrogen) atoms. The van der Waals surface area contributed by atoms with E-state index in [1.54, 1.807) is 17.0 Å². The molecule has 3 rings (SSSR count). The van der Waals surface area contributed by atoms with Crippen LogP contribution in [0, 0.1) is 11.3 Å². The van der Waals surface area contributed by atoms with Crippen LogP contribution in [0.15, 0.2) is 24.3 Å². The lowest BCUT2D eigenvalue weighted by molar-refractivity contribution is -0.149. The zero-order valence-electron chi connectivity index (χ0n) is 14.3. The molecular formula is C19H25NO4. The van der Waals surface area contributed by atoms with Crippen molar-refractivity contribution in [2.45, 2.75) is 45.6 Å². The molecule has 130 valence electrons. The number of benzene rings is 1. The second-order valence-electron chi connectivity index (χ2n) is 7.10. The Bertz CT molecular complexity index is 627. The predicted molar refractivity (Wildman–Crippen MR) is 90.1 cm³/mol. The maximum Gasteiger partial charge on any atom is 0.311 e. The molecule has 1 heterocycles. The maximum absolute atomic E-state index is 12.7. The molecule has 5 nitrogen and oxygen atoms in total. The van der Waals surface area contributed by atoms with Gasteiger partial charge in [0.25, 0.3) is 5.91 Å². The van der Waals surface area contributed by atoms with Gasteiger partial charge < -0.3 is 14.7 Å². The minimum absolute atomic E-state index is 0.0832. The highest BCUT2D eigenvalue weighted by Crippen LogP contribution is 2.49. The van der Waals surface area contributed by atoms with Gasteiger partial charge >= 0.3 is 5.97 Å². The van der Waals surface area contributed by atoms with E-state index in [4.69, 9.17) is 4.74 Å². The normalized spacial score (nSPS) is 26.9. The highest BCUT2D eigenvalue weighted by molar-refractivity contribution is 5.95. The number of likely N-dealkylation sites (tertiary alicyclic amines) is 1. The molecule has 2 fully saturated rings. The van der Waals surface area contributed by atoms with Crippen LogP contribution in [0.2, 0.25) is 0 Å². The number of aliphatic carboxylic acids is 1. The van der Waals surface area contributed by atoms with Gasteiger partial charge in [-0.25, -0.2) is 0 Å². The van der Waals surface area contributed by atoms with Crippen LogP contribution in [0.25, 0.3) is 0 Å².